The molecule has 1 aliphatic carbocycles. The average Bonchev–Trinajstić information content (AvgIpc) is 2.18. The smallest absolute Gasteiger partial charge is 0.309 e. The molecule has 1 rings (SSSR count). The van der Waals surface area contributed by atoms with Gasteiger partial charge in [-0.05, 0) is 38.7 Å². The lowest BCUT2D eigenvalue weighted by molar-refractivity contribution is -0.151. The lowest BCUT2D eigenvalue weighted by Gasteiger charge is -2.21. The number of hydrogen-bond acceptors (Lipinski definition) is 2. The molecule has 0 N–H and O–H groups in total. The van der Waals surface area contributed by atoms with Crippen LogP contribution < -0.4 is 0 Å². The van der Waals surface area contributed by atoms with Crippen molar-refractivity contribution in [2.24, 2.45) is 5.92 Å². The van der Waals surface area contributed by atoms with Gasteiger partial charge in [-0.3, -0.25) is 4.79 Å². The van der Waals surface area contributed by atoms with E-state index < -0.39 is 0 Å². The molecule has 0 saturated heterocycles. The van der Waals surface area contributed by atoms with Crippen LogP contribution in [0.15, 0.2) is 24.3 Å². The zero-order valence-corrected chi connectivity index (χ0v) is 9.66. The predicted octanol–water partition coefficient (Wildman–Crippen LogP) is 3.24. The monoisotopic (exact) mass is 208 g/mol. The van der Waals surface area contributed by atoms with Crippen LogP contribution in [0.4, 0.5) is 0 Å². The molecule has 0 radical (unpaired) electrons. The quantitative estimate of drug-likeness (QED) is 0.523. The van der Waals surface area contributed by atoms with Crippen molar-refractivity contribution in [1.29, 1.82) is 0 Å². The minimum Gasteiger partial charge on any atom is -0.458 e. The van der Waals surface area contributed by atoms with Crippen LogP contribution in [0.2, 0.25) is 0 Å². The highest BCUT2D eigenvalue weighted by Gasteiger charge is 2.19. The van der Waals surface area contributed by atoms with E-state index in [9.17, 15) is 4.79 Å². The molecule has 0 heterocycles. The standard InChI is InChI=1S/C13H20O2/c1-4-6-11(3)13(14)15-12-8-5-7-10(2)9-12/h4,9,11-12H,1,5-8H2,2-3H3/t11-,12+/m0/s1. The van der Waals surface area contributed by atoms with Gasteiger partial charge in [-0.15, -0.1) is 6.58 Å². The summed E-state index contributed by atoms with van der Waals surface area (Å²) in [6.07, 6.45) is 7.74. The summed E-state index contributed by atoms with van der Waals surface area (Å²) in [5.41, 5.74) is 1.33. The Kier molecular flexibility index (Phi) is 4.60. The second-order valence-electron chi connectivity index (χ2n) is 4.31. The van der Waals surface area contributed by atoms with Crippen molar-refractivity contribution in [1.82, 2.24) is 0 Å². The molecular formula is C13H20O2. The Morgan fingerprint density at radius 2 is 2.53 bits per heavy atom. The lowest BCUT2D eigenvalue weighted by atomic mass is 9.98. The van der Waals surface area contributed by atoms with Gasteiger partial charge in [0.25, 0.3) is 0 Å². The number of carbonyl (C=O) groups excluding carboxylic acids is 1. The van der Waals surface area contributed by atoms with Gasteiger partial charge in [0.2, 0.25) is 0 Å². The SMILES string of the molecule is C=CC[C@H](C)C(=O)O[C@H]1C=C(C)CCC1. The predicted molar refractivity (Wildman–Crippen MR) is 61.5 cm³/mol. The summed E-state index contributed by atoms with van der Waals surface area (Å²) < 4.78 is 5.41. The van der Waals surface area contributed by atoms with E-state index in [4.69, 9.17) is 4.74 Å². The Balaban J connectivity index is 2.43. The van der Waals surface area contributed by atoms with E-state index in [-0.39, 0.29) is 18.0 Å². The highest BCUT2D eigenvalue weighted by atomic mass is 16.5. The molecule has 0 fully saturated rings. The van der Waals surface area contributed by atoms with Crippen molar-refractivity contribution in [3.63, 3.8) is 0 Å². The fourth-order valence-corrected chi connectivity index (χ4v) is 1.77. The summed E-state index contributed by atoms with van der Waals surface area (Å²) in [6.45, 7) is 7.59. The second kappa shape index (κ2) is 5.74. The van der Waals surface area contributed by atoms with Gasteiger partial charge < -0.3 is 4.74 Å². The van der Waals surface area contributed by atoms with E-state index in [0.29, 0.717) is 6.42 Å². The van der Waals surface area contributed by atoms with Crippen molar-refractivity contribution in [2.75, 3.05) is 0 Å². The first-order chi connectivity index (χ1) is 7.13. The highest BCUT2D eigenvalue weighted by molar-refractivity contribution is 5.72. The van der Waals surface area contributed by atoms with E-state index in [0.717, 1.165) is 19.3 Å². The molecule has 0 bridgehead atoms. The fourth-order valence-electron chi connectivity index (χ4n) is 1.77. The maximum Gasteiger partial charge on any atom is 0.309 e. The van der Waals surface area contributed by atoms with Gasteiger partial charge in [-0.2, -0.15) is 0 Å². The maximum absolute atomic E-state index is 11.6. The fraction of sp³-hybridized carbons (Fsp3) is 0.615. The van der Waals surface area contributed by atoms with Crippen LogP contribution in [0.3, 0.4) is 0 Å². The molecule has 2 nitrogen and oxygen atoms in total. The average molecular weight is 208 g/mol. The Labute approximate surface area is 92.0 Å². The number of carbonyl (C=O) groups is 1. The lowest BCUT2D eigenvalue weighted by Crippen LogP contribution is -2.23. The molecule has 2 atom stereocenters. The molecule has 1 aliphatic rings. The Bertz CT molecular complexity index is 266. The van der Waals surface area contributed by atoms with E-state index >= 15 is 0 Å². The van der Waals surface area contributed by atoms with Crippen LogP contribution >= 0.6 is 0 Å². The second-order valence-corrected chi connectivity index (χ2v) is 4.31. The minimum absolute atomic E-state index is 0.00137. The number of ether oxygens (including phenoxy) is 1. The van der Waals surface area contributed by atoms with E-state index in [1.165, 1.54) is 5.57 Å². The van der Waals surface area contributed by atoms with E-state index in [2.05, 4.69) is 19.6 Å². The number of rotatable bonds is 4. The van der Waals surface area contributed by atoms with Crippen molar-refractivity contribution in [3.05, 3.63) is 24.3 Å². The van der Waals surface area contributed by atoms with Gasteiger partial charge in [0.15, 0.2) is 0 Å². The van der Waals surface area contributed by atoms with Gasteiger partial charge >= 0.3 is 5.97 Å². The van der Waals surface area contributed by atoms with Crippen LogP contribution in [-0.2, 0) is 9.53 Å². The van der Waals surface area contributed by atoms with E-state index in [1.807, 2.05) is 6.92 Å². The highest BCUT2D eigenvalue weighted by Crippen LogP contribution is 2.20. The molecular weight excluding hydrogens is 188 g/mol. The first-order valence-electron chi connectivity index (χ1n) is 5.62. The summed E-state index contributed by atoms with van der Waals surface area (Å²) in [7, 11) is 0. The molecule has 0 aromatic heterocycles. The molecule has 15 heavy (non-hydrogen) atoms. The number of esters is 1. The van der Waals surface area contributed by atoms with Crippen LogP contribution in [0.5, 0.6) is 0 Å². The summed E-state index contributed by atoms with van der Waals surface area (Å²) in [5, 5.41) is 0. The molecule has 0 amide bonds. The first-order valence-corrected chi connectivity index (χ1v) is 5.62. The molecule has 2 heteroatoms. The molecule has 0 aromatic rings. The summed E-state index contributed by atoms with van der Waals surface area (Å²) in [6, 6.07) is 0. The third-order valence-corrected chi connectivity index (χ3v) is 2.72. The molecule has 0 aliphatic heterocycles. The van der Waals surface area contributed by atoms with Gasteiger partial charge in [0, 0.05) is 0 Å². The minimum atomic E-state index is -0.106. The van der Waals surface area contributed by atoms with Gasteiger partial charge in [0.05, 0.1) is 5.92 Å². The zero-order chi connectivity index (χ0) is 11.3. The molecule has 84 valence electrons. The van der Waals surface area contributed by atoms with E-state index in [1.54, 1.807) is 6.08 Å². The number of hydrogen-bond donors (Lipinski definition) is 0. The third-order valence-electron chi connectivity index (χ3n) is 2.72. The van der Waals surface area contributed by atoms with Crippen LogP contribution in [0, 0.1) is 5.92 Å². The Morgan fingerprint density at radius 1 is 1.80 bits per heavy atom. The largest absolute Gasteiger partial charge is 0.458 e. The molecule has 0 saturated carbocycles. The molecule has 0 unspecified atom stereocenters. The Morgan fingerprint density at radius 3 is 3.13 bits per heavy atom. The van der Waals surface area contributed by atoms with Crippen LogP contribution in [0.25, 0.3) is 0 Å². The van der Waals surface area contributed by atoms with Crippen molar-refractivity contribution in [2.45, 2.75) is 45.6 Å². The van der Waals surface area contributed by atoms with Crippen molar-refractivity contribution in [3.8, 4) is 0 Å². The van der Waals surface area contributed by atoms with Gasteiger partial charge in [-0.1, -0.05) is 18.6 Å². The molecule has 0 spiro atoms. The van der Waals surface area contributed by atoms with Gasteiger partial charge in [0.1, 0.15) is 6.10 Å². The van der Waals surface area contributed by atoms with Crippen LogP contribution in [0.1, 0.15) is 39.5 Å². The Hall–Kier alpha value is -1.05. The summed E-state index contributed by atoms with van der Waals surface area (Å²) in [5.74, 6) is -0.177. The zero-order valence-electron chi connectivity index (χ0n) is 9.66. The topological polar surface area (TPSA) is 26.3 Å². The van der Waals surface area contributed by atoms with Crippen LogP contribution in [-0.4, -0.2) is 12.1 Å². The van der Waals surface area contributed by atoms with Crippen molar-refractivity contribution < 1.29 is 9.53 Å². The number of allylic oxidation sites excluding steroid dienone is 2. The first kappa shape index (κ1) is 12.0. The van der Waals surface area contributed by atoms with Crippen molar-refractivity contribution >= 4 is 5.97 Å². The molecule has 0 aromatic carbocycles. The maximum atomic E-state index is 11.6. The summed E-state index contributed by atoms with van der Waals surface area (Å²) in [4.78, 5) is 11.6. The van der Waals surface area contributed by atoms with Gasteiger partial charge in [-0.25, -0.2) is 0 Å². The normalized spacial score (nSPS) is 22.8. The summed E-state index contributed by atoms with van der Waals surface area (Å²) >= 11 is 0. The third kappa shape index (κ3) is 3.90.